The molecule has 0 spiro atoms. The van der Waals surface area contributed by atoms with E-state index in [1.165, 1.54) is 30.3 Å². The van der Waals surface area contributed by atoms with Crippen molar-refractivity contribution >= 4 is 11.5 Å². The lowest BCUT2D eigenvalue weighted by Gasteiger charge is -2.38. The number of rotatable bonds is 7. The lowest BCUT2D eigenvalue weighted by molar-refractivity contribution is -0.385. The predicted octanol–water partition coefficient (Wildman–Crippen LogP) is 4.56. The van der Waals surface area contributed by atoms with Crippen LogP contribution in [0.4, 0.5) is 18.9 Å². The number of nitro benzene ring substituents is 1. The van der Waals surface area contributed by atoms with Gasteiger partial charge in [0.1, 0.15) is 0 Å². The van der Waals surface area contributed by atoms with Crippen molar-refractivity contribution in [2.45, 2.75) is 37.5 Å². The molecule has 0 atom stereocenters. The number of carbonyl (C=O) groups excluding carboxylic acids is 1. The van der Waals surface area contributed by atoms with Crippen LogP contribution in [0.3, 0.4) is 0 Å². The zero-order valence-corrected chi connectivity index (χ0v) is 16.8. The fourth-order valence-corrected chi connectivity index (χ4v) is 3.89. The Bertz CT molecular complexity index is 954. The van der Waals surface area contributed by atoms with E-state index in [-0.39, 0.29) is 41.9 Å². The monoisotopic (exact) mass is 436 g/mol. The lowest BCUT2D eigenvalue weighted by atomic mass is 9.83. The van der Waals surface area contributed by atoms with Gasteiger partial charge in [0.05, 0.1) is 21.7 Å². The van der Waals surface area contributed by atoms with Crippen molar-refractivity contribution in [3.63, 3.8) is 0 Å². The molecule has 1 fully saturated rings. The summed E-state index contributed by atoms with van der Waals surface area (Å²) in [4.78, 5) is 24.9. The number of nitrogens with zero attached hydrogens (tertiary/aromatic N) is 2. The van der Waals surface area contributed by atoms with Crippen LogP contribution in [0.1, 0.15) is 47.2 Å². The van der Waals surface area contributed by atoms with Gasteiger partial charge in [-0.25, -0.2) is 0 Å². The van der Waals surface area contributed by atoms with Gasteiger partial charge < -0.3 is 10.0 Å². The minimum atomic E-state index is -4.46. The van der Waals surface area contributed by atoms with Crippen molar-refractivity contribution in [2.24, 2.45) is 0 Å². The Labute approximate surface area is 177 Å². The summed E-state index contributed by atoms with van der Waals surface area (Å²) in [5.41, 5.74) is -1.97. The van der Waals surface area contributed by atoms with Crippen LogP contribution < -0.4 is 0 Å². The number of likely N-dealkylation sites (tertiary alicyclic amines) is 1. The number of hydrogen-bond acceptors (Lipinski definition) is 5. The third kappa shape index (κ3) is 5.48. The van der Waals surface area contributed by atoms with E-state index < -0.39 is 22.3 Å². The number of piperidine rings is 1. The van der Waals surface area contributed by atoms with Gasteiger partial charge in [-0.2, -0.15) is 13.2 Å². The zero-order chi connectivity index (χ0) is 22.6. The number of para-hydroxylation sites is 1. The molecule has 1 aliphatic rings. The molecule has 1 saturated heterocycles. The SMILES string of the molecule is O=C(CCCN1CCC(O)(c2cccc(C(F)(F)F)c2)CC1)c1ccccc1[N+](=O)[O-]. The van der Waals surface area contributed by atoms with E-state index in [0.717, 1.165) is 12.1 Å². The first-order valence-corrected chi connectivity index (χ1v) is 9.99. The predicted molar refractivity (Wildman–Crippen MR) is 108 cm³/mol. The minimum absolute atomic E-state index is 0.0880. The molecular formula is C22H23F3N2O4. The van der Waals surface area contributed by atoms with Gasteiger partial charge >= 0.3 is 6.18 Å². The highest BCUT2D eigenvalue weighted by Gasteiger charge is 2.37. The number of aliphatic hydroxyl groups is 1. The van der Waals surface area contributed by atoms with Crippen LogP contribution in [-0.2, 0) is 11.8 Å². The fourth-order valence-electron chi connectivity index (χ4n) is 3.89. The quantitative estimate of drug-likeness (QED) is 0.391. The molecule has 0 bridgehead atoms. The van der Waals surface area contributed by atoms with Crippen LogP contribution in [0, 0.1) is 10.1 Å². The first-order valence-electron chi connectivity index (χ1n) is 9.99. The molecule has 0 aromatic heterocycles. The smallest absolute Gasteiger partial charge is 0.385 e. The third-order valence-electron chi connectivity index (χ3n) is 5.69. The van der Waals surface area contributed by atoms with E-state index in [1.54, 1.807) is 6.07 Å². The van der Waals surface area contributed by atoms with Crippen LogP contribution in [0.2, 0.25) is 0 Å². The zero-order valence-electron chi connectivity index (χ0n) is 16.8. The first-order chi connectivity index (χ1) is 14.6. The van der Waals surface area contributed by atoms with E-state index >= 15 is 0 Å². The largest absolute Gasteiger partial charge is 0.416 e. The highest BCUT2D eigenvalue weighted by Crippen LogP contribution is 2.36. The summed E-state index contributed by atoms with van der Waals surface area (Å²) in [6.07, 6.45) is -3.25. The van der Waals surface area contributed by atoms with Crippen LogP contribution >= 0.6 is 0 Å². The van der Waals surface area contributed by atoms with Crippen molar-refractivity contribution in [3.8, 4) is 0 Å². The molecule has 1 heterocycles. The number of halogens is 3. The maximum Gasteiger partial charge on any atom is 0.416 e. The standard InChI is InChI=1S/C22H23F3N2O4/c23-22(24,25)17-6-3-5-16(15-17)21(29)10-13-26(14-11-21)12-4-9-20(28)18-7-1-2-8-19(18)27(30)31/h1-3,5-8,15,29H,4,9-14H2. The van der Waals surface area contributed by atoms with Gasteiger partial charge in [-0.1, -0.05) is 24.3 Å². The molecule has 31 heavy (non-hydrogen) atoms. The molecule has 0 unspecified atom stereocenters. The molecular weight excluding hydrogens is 413 g/mol. The van der Waals surface area contributed by atoms with Gasteiger partial charge in [0.25, 0.3) is 5.69 Å². The molecule has 166 valence electrons. The Hall–Kier alpha value is -2.78. The molecule has 2 aromatic rings. The van der Waals surface area contributed by atoms with Crippen molar-refractivity contribution in [1.29, 1.82) is 0 Å². The number of nitro groups is 1. The van der Waals surface area contributed by atoms with E-state index in [0.29, 0.717) is 26.1 Å². The molecule has 3 rings (SSSR count). The number of ketones is 1. The summed E-state index contributed by atoms with van der Waals surface area (Å²) in [7, 11) is 0. The van der Waals surface area contributed by atoms with E-state index in [4.69, 9.17) is 0 Å². The second-order valence-corrected chi connectivity index (χ2v) is 7.75. The van der Waals surface area contributed by atoms with E-state index in [1.807, 2.05) is 4.90 Å². The highest BCUT2D eigenvalue weighted by atomic mass is 19.4. The molecule has 0 saturated carbocycles. The van der Waals surface area contributed by atoms with Gasteiger partial charge in [0.15, 0.2) is 5.78 Å². The summed E-state index contributed by atoms with van der Waals surface area (Å²) in [6, 6.07) is 10.6. The Kier molecular flexibility index (Phi) is 6.76. The molecule has 2 aromatic carbocycles. The van der Waals surface area contributed by atoms with Crippen molar-refractivity contribution in [2.75, 3.05) is 19.6 Å². The Morgan fingerprint density at radius 1 is 1.13 bits per heavy atom. The lowest BCUT2D eigenvalue weighted by Crippen LogP contribution is -2.43. The third-order valence-corrected chi connectivity index (χ3v) is 5.69. The molecule has 1 N–H and O–H groups in total. The van der Waals surface area contributed by atoms with Gasteiger partial charge in [-0.3, -0.25) is 14.9 Å². The number of hydrogen-bond donors (Lipinski definition) is 1. The average Bonchev–Trinajstić information content (AvgIpc) is 2.74. The maximum absolute atomic E-state index is 13.0. The highest BCUT2D eigenvalue weighted by molar-refractivity contribution is 5.99. The van der Waals surface area contributed by atoms with Gasteiger partial charge in [0, 0.05) is 25.6 Å². The topological polar surface area (TPSA) is 83.7 Å². The number of benzene rings is 2. The number of Topliss-reactive ketones (excluding diaryl/α,β-unsaturated/α-hetero) is 1. The van der Waals surface area contributed by atoms with Crippen molar-refractivity contribution < 1.29 is 28.0 Å². The van der Waals surface area contributed by atoms with Crippen LogP contribution in [-0.4, -0.2) is 40.3 Å². The van der Waals surface area contributed by atoms with Gasteiger partial charge in [-0.15, -0.1) is 0 Å². The maximum atomic E-state index is 13.0. The van der Waals surface area contributed by atoms with E-state index in [9.17, 15) is 33.2 Å². The van der Waals surface area contributed by atoms with Crippen LogP contribution in [0.25, 0.3) is 0 Å². The second-order valence-electron chi connectivity index (χ2n) is 7.75. The van der Waals surface area contributed by atoms with E-state index in [2.05, 4.69) is 0 Å². The average molecular weight is 436 g/mol. The Balaban J connectivity index is 1.53. The molecule has 9 heteroatoms. The fraction of sp³-hybridized carbons (Fsp3) is 0.409. The van der Waals surface area contributed by atoms with Crippen molar-refractivity contribution in [3.05, 3.63) is 75.3 Å². The Morgan fingerprint density at radius 2 is 1.81 bits per heavy atom. The summed E-state index contributed by atoms with van der Waals surface area (Å²) in [6.45, 7) is 1.52. The summed E-state index contributed by atoms with van der Waals surface area (Å²) >= 11 is 0. The number of carbonyl (C=O) groups is 1. The molecule has 0 aliphatic carbocycles. The molecule has 1 aliphatic heterocycles. The minimum Gasteiger partial charge on any atom is -0.385 e. The molecule has 0 amide bonds. The van der Waals surface area contributed by atoms with Crippen LogP contribution in [0.15, 0.2) is 48.5 Å². The molecule has 6 nitrogen and oxygen atoms in total. The summed E-state index contributed by atoms with van der Waals surface area (Å²) < 4.78 is 38.9. The van der Waals surface area contributed by atoms with Gasteiger partial charge in [0.2, 0.25) is 0 Å². The normalized spacial score (nSPS) is 16.8. The van der Waals surface area contributed by atoms with Crippen LogP contribution in [0.5, 0.6) is 0 Å². The first kappa shape index (κ1) is 22.9. The Morgan fingerprint density at radius 3 is 2.45 bits per heavy atom. The number of alkyl halides is 3. The summed E-state index contributed by atoms with van der Waals surface area (Å²) in [5.74, 6) is -0.301. The molecule has 0 radical (unpaired) electrons. The van der Waals surface area contributed by atoms with Gasteiger partial charge in [-0.05, 0) is 49.6 Å². The second kappa shape index (κ2) is 9.15. The van der Waals surface area contributed by atoms with Crippen molar-refractivity contribution in [1.82, 2.24) is 4.90 Å². The summed E-state index contributed by atoms with van der Waals surface area (Å²) in [5, 5.41) is 21.9.